The molecule has 1 saturated carbocycles. The summed E-state index contributed by atoms with van der Waals surface area (Å²) in [4.78, 5) is 0. The van der Waals surface area contributed by atoms with E-state index < -0.39 is 0 Å². The first-order valence-corrected chi connectivity index (χ1v) is 6.07. The minimum absolute atomic E-state index is 0.0249. The number of hydrogen-bond donors (Lipinski definition) is 2. The van der Waals surface area contributed by atoms with Crippen LogP contribution in [-0.2, 0) is 0 Å². The van der Waals surface area contributed by atoms with Crippen molar-refractivity contribution in [1.29, 1.82) is 5.26 Å². The number of aliphatic hydroxyl groups excluding tert-OH is 1. The molecule has 0 aliphatic heterocycles. The monoisotopic (exact) mass is 230 g/mol. The molecular formula is C14H18N2O. The lowest BCUT2D eigenvalue weighted by molar-refractivity contribution is 0.0192. The third-order valence-electron chi connectivity index (χ3n) is 4.08. The standard InChI is InChI=1S/C14H18N2O/c15-8-11-2-4-12(5-3-11)13(9-16)14(10-17)6-1-7-14/h2-5,13,17H,1,6-7,9-10,16H2/t13-/m0/s1. The minimum atomic E-state index is -0.0249. The quantitative estimate of drug-likeness (QED) is 0.828. The zero-order valence-electron chi connectivity index (χ0n) is 9.89. The van der Waals surface area contributed by atoms with Gasteiger partial charge in [0, 0.05) is 17.9 Å². The maximum absolute atomic E-state index is 9.59. The molecule has 1 atom stereocenters. The molecule has 2 rings (SSSR count). The first-order valence-electron chi connectivity index (χ1n) is 6.07. The lowest BCUT2D eigenvalue weighted by atomic mass is 9.60. The molecule has 0 aromatic heterocycles. The maximum atomic E-state index is 9.59. The van der Waals surface area contributed by atoms with E-state index in [-0.39, 0.29) is 17.9 Å². The summed E-state index contributed by atoms with van der Waals surface area (Å²) in [6.45, 7) is 0.751. The Labute approximate surface area is 102 Å². The van der Waals surface area contributed by atoms with Gasteiger partial charge in [-0.05, 0) is 37.1 Å². The molecule has 3 N–H and O–H groups in total. The van der Waals surface area contributed by atoms with E-state index in [1.807, 2.05) is 24.3 Å². The molecule has 0 amide bonds. The van der Waals surface area contributed by atoms with Crippen molar-refractivity contribution in [3.05, 3.63) is 35.4 Å². The average Bonchev–Trinajstić information content (AvgIpc) is 2.34. The number of benzene rings is 1. The fraction of sp³-hybridized carbons (Fsp3) is 0.500. The van der Waals surface area contributed by atoms with E-state index in [2.05, 4.69) is 6.07 Å². The first-order chi connectivity index (χ1) is 8.25. The van der Waals surface area contributed by atoms with Crippen LogP contribution in [0.1, 0.15) is 36.3 Å². The van der Waals surface area contributed by atoms with E-state index in [4.69, 9.17) is 11.0 Å². The Bertz CT molecular complexity index is 409. The van der Waals surface area contributed by atoms with Crippen LogP contribution >= 0.6 is 0 Å². The number of rotatable bonds is 4. The summed E-state index contributed by atoms with van der Waals surface area (Å²) in [5.41, 5.74) is 7.65. The molecule has 1 aromatic carbocycles. The molecule has 17 heavy (non-hydrogen) atoms. The van der Waals surface area contributed by atoms with Gasteiger partial charge in [-0.1, -0.05) is 18.6 Å². The van der Waals surface area contributed by atoms with Crippen molar-refractivity contribution in [3.63, 3.8) is 0 Å². The summed E-state index contributed by atoms with van der Waals surface area (Å²) in [5.74, 6) is 0.203. The van der Waals surface area contributed by atoms with Crippen LogP contribution in [0, 0.1) is 16.7 Å². The highest BCUT2D eigenvalue weighted by molar-refractivity contribution is 5.34. The van der Waals surface area contributed by atoms with Crippen LogP contribution < -0.4 is 5.73 Å². The van der Waals surface area contributed by atoms with Crippen molar-refractivity contribution in [1.82, 2.24) is 0 Å². The van der Waals surface area contributed by atoms with Gasteiger partial charge in [0.2, 0.25) is 0 Å². The van der Waals surface area contributed by atoms with E-state index in [0.29, 0.717) is 12.1 Å². The molecule has 0 radical (unpaired) electrons. The molecule has 0 saturated heterocycles. The molecule has 0 bridgehead atoms. The molecule has 90 valence electrons. The summed E-state index contributed by atoms with van der Waals surface area (Å²) in [7, 11) is 0. The van der Waals surface area contributed by atoms with Crippen LogP contribution in [0.2, 0.25) is 0 Å². The molecular weight excluding hydrogens is 212 g/mol. The van der Waals surface area contributed by atoms with Gasteiger partial charge < -0.3 is 10.8 Å². The average molecular weight is 230 g/mol. The Hall–Kier alpha value is -1.37. The second-order valence-corrected chi connectivity index (χ2v) is 4.90. The second kappa shape index (κ2) is 4.87. The van der Waals surface area contributed by atoms with Crippen molar-refractivity contribution in [2.24, 2.45) is 11.1 Å². The predicted octanol–water partition coefficient (Wildman–Crippen LogP) is 1.76. The summed E-state index contributed by atoms with van der Waals surface area (Å²) in [5, 5.41) is 18.4. The van der Waals surface area contributed by atoms with Crippen LogP contribution in [0.3, 0.4) is 0 Å². The Morgan fingerprint density at radius 1 is 1.35 bits per heavy atom. The molecule has 0 heterocycles. The zero-order valence-corrected chi connectivity index (χ0v) is 9.89. The van der Waals surface area contributed by atoms with Gasteiger partial charge in [0.25, 0.3) is 0 Å². The van der Waals surface area contributed by atoms with Crippen molar-refractivity contribution < 1.29 is 5.11 Å². The molecule has 3 nitrogen and oxygen atoms in total. The predicted molar refractivity (Wildman–Crippen MR) is 66.3 cm³/mol. The second-order valence-electron chi connectivity index (χ2n) is 4.90. The van der Waals surface area contributed by atoms with Crippen molar-refractivity contribution in [3.8, 4) is 6.07 Å². The van der Waals surface area contributed by atoms with Crippen LogP contribution in [0.5, 0.6) is 0 Å². The number of nitrogens with zero attached hydrogens (tertiary/aromatic N) is 1. The van der Waals surface area contributed by atoms with Gasteiger partial charge in [0.1, 0.15) is 0 Å². The fourth-order valence-electron chi connectivity index (χ4n) is 2.78. The molecule has 0 unspecified atom stereocenters. The Morgan fingerprint density at radius 3 is 2.35 bits per heavy atom. The van der Waals surface area contributed by atoms with Crippen LogP contribution in [-0.4, -0.2) is 18.3 Å². The zero-order chi connectivity index (χ0) is 12.3. The molecule has 1 aliphatic carbocycles. The van der Waals surface area contributed by atoms with Gasteiger partial charge in [-0.15, -0.1) is 0 Å². The van der Waals surface area contributed by atoms with Crippen LogP contribution in [0.4, 0.5) is 0 Å². The van der Waals surface area contributed by atoms with Crippen molar-refractivity contribution in [2.45, 2.75) is 25.2 Å². The van der Waals surface area contributed by atoms with E-state index in [9.17, 15) is 5.11 Å². The van der Waals surface area contributed by atoms with E-state index >= 15 is 0 Å². The summed E-state index contributed by atoms with van der Waals surface area (Å²) < 4.78 is 0. The van der Waals surface area contributed by atoms with E-state index in [1.54, 1.807) is 0 Å². The molecule has 1 fully saturated rings. The van der Waals surface area contributed by atoms with Crippen molar-refractivity contribution >= 4 is 0 Å². The number of nitriles is 1. The van der Waals surface area contributed by atoms with Gasteiger partial charge in [-0.3, -0.25) is 0 Å². The topological polar surface area (TPSA) is 70.0 Å². The van der Waals surface area contributed by atoms with Gasteiger partial charge >= 0.3 is 0 Å². The molecule has 1 aromatic rings. The van der Waals surface area contributed by atoms with Crippen molar-refractivity contribution in [2.75, 3.05) is 13.2 Å². The summed E-state index contributed by atoms with van der Waals surface area (Å²) in [6, 6.07) is 9.68. The normalized spacial score (nSPS) is 19.1. The smallest absolute Gasteiger partial charge is 0.0991 e. The molecule has 1 aliphatic rings. The van der Waals surface area contributed by atoms with Gasteiger partial charge in [0.05, 0.1) is 11.6 Å². The third-order valence-corrected chi connectivity index (χ3v) is 4.08. The Balaban J connectivity index is 2.26. The highest BCUT2D eigenvalue weighted by Gasteiger charge is 2.43. The Morgan fingerprint density at radius 2 is 2.00 bits per heavy atom. The Kier molecular flexibility index (Phi) is 3.46. The lowest BCUT2D eigenvalue weighted by Gasteiger charge is -2.46. The highest BCUT2D eigenvalue weighted by atomic mass is 16.3. The number of nitrogens with two attached hydrogens (primary N) is 1. The lowest BCUT2D eigenvalue weighted by Crippen LogP contribution is -2.42. The largest absolute Gasteiger partial charge is 0.396 e. The first kappa shape index (κ1) is 12.1. The maximum Gasteiger partial charge on any atom is 0.0991 e. The van der Waals surface area contributed by atoms with Crippen LogP contribution in [0.25, 0.3) is 0 Å². The van der Waals surface area contributed by atoms with E-state index in [0.717, 1.165) is 18.4 Å². The summed E-state index contributed by atoms with van der Waals surface area (Å²) >= 11 is 0. The number of hydrogen-bond acceptors (Lipinski definition) is 3. The number of aliphatic hydroxyl groups is 1. The van der Waals surface area contributed by atoms with Gasteiger partial charge in [-0.25, -0.2) is 0 Å². The SMILES string of the molecule is N#Cc1ccc([C@H](CN)C2(CO)CCC2)cc1. The molecule has 0 spiro atoms. The fourth-order valence-corrected chi connectivity index (χ4v) is 2.78. The van der Waals surface area contributed by atoms with Gasteiger partial charge in [-0.2, -0.15) is 5.26 Å². The molecule has 3 heteroatoms. The third kappa shape index (κ3) is 2.06. The van der Waals surface area contributed by atoms with Gasteiger partial charge in [0.15, 0.2) is 0 Å². The summed E-state index contributed by atoms with van der Waals surface area (Å²) in [6.07, 6.45) is 3.27. The highest BCUT2D eigenvalue weighted by Crippen LogP contribution is 2.50. The minimum Gasteiger partial charge on any atom is -0.396 e. The van der Waals surface area contributed by atoms with E-state index in [1.165, 1.54) is 6.42 Å². The van der Waals surface area contributed by atoms with Crippen LogP contribution in [0.15, 0.2) is 24.3 Å².